The Labute approximate surface area is 54.2 Å². The summed E-state index contributed by atoms with van der Waals surface area (Å²) in [7, 11) is 0. The fourth-order valence-corrected chi connectivity index (χ4v) is 0.696. The summed E-state index contributed by atoms with van der Waals surface area (Å²) in [6.07, 6.45) is 5.69. The van der Waals surface area contributed by atoms with Gasteiger partial charge in [0.2, 0.25) is 0 Å². The number of hydrogen-bond acceptors (Lipinski definition) is 2. The number of hydrogen-bond donors (Lipinski definition) is 2. The average molecular weight is 129 g/mol. The van der Waals surface area contributed by atoms with Crippen LogP contribution < -0.4 is 5.73 Å². The van der Waals surface area contributed by atoms with Crippen LogP contribution in [0.1, 0.15) is 19.3 Å². The van der Waals surface area contributed by atoms with Crippen LogP contribution in [0.15, 0.2) is 11.8 Å². The van der Waals surface area contributed by atoms with Crippen molar-refractivity contribution in [3.8, 4) is 0 Å². The molecule has 0 atom stereocenters. The van der Waals surface area contributed by atoms with Crippen LogP contribution in [0.4, 0.5) is 0 Å². The molecule has 0 bridgehead atoms. The van der Waals surface area contributed by atoms with Gasteiger partial charge >= 0.3 is 0 Å². The van der Waals surface area contributed by atoms with Gasteiger partial charge in [-0.2, -0.15) is 0 Å². The molecule has 0 aromatic heterocycles. The predicted octanol–water partition coefficient (Wildman–Crippen LogP) is 0.714. The molecule has 0 aromatic rings. The van der Waals surface area contributed by atoms with Gasteiger partial charge in [0.05, 0.1) is 0 Å². The van der Waals surface area contributed by atoms with Gasteiger partial charge in [0.15, 0.2) is 0 Å². The highest BCUT2D eigenvalue weighted by Gasteiger charge is 1.95. The standard InChI is InChI=1S/C5H9N.CH2O2/c6-5-3-1-2-4-5;2-1-3/h3H,1-2,4,6H2;1H,(H,2,3). The molecule has 0 heterocycles. The van der Waals surface area contributed by atoms with E-state index in [4.69, 9.17) is 15.6 Å². The van der Waals surface area contributed by atoms with Gasteiger partial charge in [-0.3, -0.25) is 4.79 Å². The van der Waals surface area contributed by atoms with Gasteiger partial charge in [0, 0.05) is 5.70 Å². The van der Waals surface area contributed by atoms with Gasteiger partial charge in [0.25, 0.3) is 6.47 Å². The summed E-state index contributed by atoms with van der Waals surface area (Å²) in [6.45, 7) is -0.250. The van der Waals surface area contributed by atoms with Crippen molar-refractivity contribution < 1.29 is 9.90 Å². The van der Waals surface area contributed by atoms with E-state index in [1.165, 1.54) is 12.8 Å². The Morgan fingerprint density at radius 3 is 2.44 bits per heavy atom. The van der Waals surface area contributed by atoms with Crippen molar-refractivity contribution in [3.63, 3.8) is 0 Å². The van der Waals surface area contributed by atoms with Crippen molar-refractivity contribution in [2.75, 3.05) is 0 Å². The lowest BCUT2D eigenvalue weighted by Crippen LogP contribution is -1.89. The van der Waals surface area contributed by atoms with Crippen molar-refractivity contribution in [3.05, 3.63) is 11.8 Å². The van der Waals surface area contributed by atoms with Gasteiger partial charge in [0.1, 0.15) is 0 Å². The van der Waals surface area contributed by atoms with Crippen LogP contribution in [0, 0.1) is 0 Å². The first-order chi connectivity index (χ1) is 4.31. The molecular weight excluding hydrogens is 118 g/mol. The summed E-state index contributed by atoms with van der Waals surface area (Å²) in [4.78, 5) is 8.36. The van der Waals surface area contributed by atoms with Crippen molar-refractivity contribution in [2.45, 2.75) is 19.3 Å². The molecule has 0 saturated heterocycles. The van der Waals surface area contributed by atoms with Crippen LogP contribution in [0.5, 0.6) is 0 Å². The third-order valence-electron chi connectivity index (χ3n) is 1.08. The molecule has 0 radical (unpaired) electrons. The molecule has 0 amide bonds. The topological polar surface area (TPSA) is 63.3 Å². The first-order valence-corrected chi connectivity index (χ1v) is 2.83. The van der Waals surface area contributed by atoms with Gasteiger partial charge in [-0.1, -0.05) is 6.08 Å². The molecule has 1 rings (SSSR count). The molecule has 1 aliphatic rings. The second-order valence-electron chi connectivity index (χ2n) is 1.78. The molecule has 0 aromatic carbocycles. The lowest BCUT2D eigenvalue weighted by molar-refractivity contribution is -0.122. The van der Waals surface area contributed by atoms with E-state index in [2.05, 4.69) is 6.08 Å². The lowest BCUT2D eigenvalue weighted by atomic mass is 10.3. The zero-order valence-corrected chi connectivity index (χ0v) is 5.21. The van der Waals surface area contributed by atoms with Gasteiger partial charge in [-0.25, -0.2) is 0 Å². The maximum atomic E-state index is 8.36. The van der Waals surface area contributed by atoms with Crippen molar-refractivity contribution in [1.82, 2.24) is 0 Å². The Balaban J connectivity index is 0.000000187. The van der Waals surface area contributed by atoms with E-state index in [9.17, 15) is 0 Å². The molecule has 3 N–H and O–H groups in total. The minimum absolute atomic E-state index is 0.250. The first-order valence-electron chi connectivity index (χ1n) is 2.83. The monoisotopic (exact) mass is 129 g/mol. The predicted molar refractivity (Wildman–Crippen MR) is 34.8 cm³/mol. The average Bonchev–Trinajstić information content (AvgIpc) is 2.20. The summed E-state index contributed by atoms with van der Waals surface area (Å²) in [5, 5.41) is 6.89. The number of carboxylic acid groups (broad SMARTS) is 1. The van der Waals surface area contributed by atoms with Crippen LogP contribution in [0.25, 0.3) is 0 Å². The number of rotatable bonds is 0. The SMILES string of the molecule is NC1=CCCC1.O=CO. The zero-order valence-electron chi connectivity index (χ0n) is 5.21. The Bertz CT molecular complexity index is 110. The maximum absolute atomic E-state index is 8.36. The van der Waals surface area contributed by atoms with Crippen molar-refractivity contribution >= 4 is 6.47 Å². The highest BCUT2D eigenvalue weighted by molar-refractivity contribution is 5.32. The van der Waals surface area contributed by atoms with Crippen molar-refractivity contribution in [2.24, 2.45) is 5.73 Å². The van der Waals surface area contributed by atoms with Crippen LogP contribution >= 0.6 is 0 Å². The third-order valence-corrected chi connectivity index (χ3v) is 1.08. The largest absolute Gasteiger partial charge is 0.483 e. The summed E-state index contributed by atoms with van der Waals surface area (Å²) in [6, 6.07) is 0. The molecule has 0 unspecified atom stereocenters. The summed E-state index contributed by atoms with van der Waals surface area (Å²) in [5.74, 6) is 0. The molecule has 0 fully saturated rings. The highest BCUT2D eigenvalue weighted by atomic mass is 16.3. The summed E-state index contributed by atoms with van der Waals surface area (Å²) in [5.41, 5.74) is 6.47. The first kappa shape index (κ1) is 8.01. The van der Waals surface area contributed by atoms with Crippen LogP contribution in [-0.4, -0.2) is 11.6 Å². The number of allylic oxidation sites excluding steroid dienone is 2. The highest BCUT2D eigenvalue weighted by Crippen LogP contribution is 2.10. The minimum atomic E-state index is -0.250. The van der Waals surface area contributed by atoms with E-state index in [-0.39, 0.29) is 6.47 Å². The fraction of sp³-hybridized carbons (Fsp3) is 0.500. The smallest absolute Gasteiger partial charge is 0.290 e. The van der Waals surface area contributed by atoms with Crippen LogP contribution in [-0.2, 0) is 4.79 Å². The van der Waals surface area contributed by atoms with Gasteiger partial charge in [-0.15, -0.1) is 0 Å². The van der Waals surface area contributed by atoms with Crippen LogP contribution in [0.3, 0.4) is 0 Å². The molecule has 3 nitrogen and oxygen atoms in total. The number of carbonyl (C=O) groups is 1. The Morgan fingerprint density at radius 2 is 2.33 bits per heavy atom. The molecule has 1 aliphatic carbocycles. The van der Waals surface area contributed by atoms with Gasteiger partial charge in [-0.05, 0) is 19.3 Å². The quantitative estimate of drug-likeness (QED) is 0.473. The van der Waals surface area contributed by atoms with Crippen molar-refractivity contribution in [1.29, 1.82) is 0 Å². The van der Waals surface area contributed by atoms with Crippen LogP contribution in [0.2, 0.25) is 0 Å². The molecule has 9 heavy (non-hydrogen) atoms. The molecule has 0 aliphatic heterocycles. The summed E-state index contributed by atoms with van der Waals surface area (Å²) >= 11 is 0. The van der Waals surface area contributed by atoms with E-state index in [1.54, 1.807) is 0 Å². The fourth-order valence-electron chi connectivity index (χ4n) is 0.696. The normalized spacial score (nSPS) is 15.3. The van der Waals surface area contributed by atoms with E-state index in [1.807, 2.05) is 0 Å². The maximum Gasteiger partial charge on any atom is 0.290 e. The van der Waals surface area contributed by atoms with E-state index in [0.717, 1.165) is 12.1 Å². The van der Waals surface area contributed by atoms with E-state index >= 15 is 0 Å². The van der Waals surface area contributed by atoms with Gasteiger partial charge < -0.3 is 10.8 Å². The Kier molecular flexibility index (Phi) is 4.59. The molecule has 0 spiro atoms. The lowest BCUT2D eigenvalue weighted by Gasteiger charge is -1.81. The molecular formula is C6H11NO2. The Hall–Kier alpha value is -0.990. The summed E-state index contributed by atoms with van der Waals surface area (Å²) < 4.78 is 0. The van der Waals surface area contributed by atoms with E-state index < -0.39 is 0 Å². The molecule has 3 heteroatoms. The third kappa shape index (κ3) is 4.87. The minimum Gasteiger partial charge on any atom is -0.483 e. The molecule has 0 saturated carbocycles. The second kappa shape index (κ2) is 5.15. The zero-order chi connectivity index (χ0) is 7.11. The molecule has 52 valence electrons. The Morgan fingerprint density at radius 1 is 1.78 bits per heavy atom. The number of nitrogens with two attached hydrogens (primary N) is 1. The van der Waals surface area contributed by atoms with E-state index in [0.29, 0.717) is 0 Å². The second-order valence-corrected chi connectivity index (χ2v) is 1.78.